The fraction of sp³-hybridized carbons (Fsp3) is 0.588. The van der Waals surface area contributed by atoms with Crippen molar-refractivity contribution in [3.8, 4) is 0 Å². The average Bonchev–Trinajstić information content (AvgIpc) is 2.47. The van der Waals surface area contributed by atoms with Crippen molar-refractivity contribution in [2.45, 2.75) is 39.3 Å². The second-order valence-electron chi connectivity index (χ2n) is 6.01. The normalized spacial score (nSPS) is 16.9. The minimum Gasteiger partial charge on any atom is -0.338 e. The summed E-state index contributed by atoms with van der Waals surface area (Å²) in [6, 6.07) is 8.68. The Morgan fingerprint density at radius 2 is 2.10 bits per heavy atom. The third kappa shape index (κ3) is 4.83. The molecule has 1 aromatic rings. The Morgan fingerprint density at radius 1 is 1.38 bits per heavy atom. The zero-order valence-corrected chi connectivity index (χ0v) is 13.2. The van der Waals surface area contributed by atoms with Crippen LogP contribution in [0.25, 0.3) is 0 Å². The van der Waals surface area contributed by atoms with E-state index < -0.39 is 0 Å². The first-order valence-electron chi connectivity index (χ1n) is 7.89. The van der Waals surface area contributed by atoms with Gasteiger partial charge in [0.1, 0.15) is 0 Å². The van der Waals surface area contributed by atoms with Crippen molar-refractivity contribution in [2.75, 3.05) is 26.2 Å². The van der Waals surface area contributed by atoms with Gasteiger partial charge in [0.05, 0.1) is 6.54 Å². The maximum atomic E-state index is 12.5. The maximum Gasteiger partial charge on any atom is 0.237 e. The van der Waals surface area contributed by atoms with Gasteiger partial charge in [-0.3, -0.25) is 9.69 Å². The van der Waals surface area contributed by atoms with E-state index in [0.29, 0.717) is 19.1 Å². The molecular formula is C17H27N3O. The molecule has 116 valence electrons. The summed E-state index contributed by atoms with van der Waals surface area (Å²) in [6.07, 6.45) is 1.99. The van der Waals surface area contributed by atoms with E-state index in [1.807, 2.05) is 11.8 Å². The Balaban J connectivity index is 1.89. The minimum atomic E-state index is 0.217. The monoisotopic (exact) mass is 289 g/mol. The van der Waals surface area contributed by atoms with Gasteiger partial charge in [0.25, 0.3) is 0 Å². The summed E-state index contributed by atoms with van der Waals surface area (Å²) < 4.78 is 0. The summed E-state index contributed by atoms with van der Waals surface area (Å²) in [6.45, 7) is 7.97. The number of nitrogens with two attached hydrogens (primary N) is 1. The zero-order valence-electron chi connectivity index (χ0n) is 13.2. The van der Waals surface area contributed by atoms with Gasteiger partial charge in [-0.2, -0.15) is 0 Å². The van der Waals surface area contributed by atoms with E-state index in [2.05, 4.69) is 36.1 Å². The van der Waals surface area contributed by atoms with Crippen LogP contribution < -0.4 is 5.73 Å². The molecule has 0 atom stereocenters. The summed E-state index contributed by atoms with van der Waals surface area (Å²) in [7, 11) is 0. The number of rotatable bonds is 5. The molecule has 1 amide bonds. The minimum absolute atomic E-state index is 0.217. The van der Waals surface area contributed by atoms with E-state index in [-0.39, 0.29) is 5.91 Å². The summed E-state index contributed by atoms with van der Waals surface area (Å²) in [4.78, 5) is 16.6. The third-order valence-corrected chi connectivity index (χ3v) is 4.18. The summed E-state index contributed by atoms with van der Waals surface area (Å²) >= 11 is 0. The Labute approximate surface area is 127 Å². The van der Waals surface area contributed by atoms with Crippen molar-refractivity contribution in [1.82, 2.24) is 9.80 Å². The van der Waals surface area contributed by atoms with E-state index in [1.54, 1.807) is 0 Å². The number of likely N-dealkylation sites (N-methyl/N-ethyl adjacent to an activating group) is 1. The van der Waals surface area contributed by atoms with Gasteiger partial charge in [0.15, 0.2) is 0 Å². The van der Waals surface area contributed by atoms with Gasteiger partial charge in [-0.1, -0.05) is 29.8 Å². The van der Waals surface area contributed by atoms with Gasteiger partial charge in [0.2, 0.25) is 5.91 Å². The van der Waals surface area contributed by atoms with Crippen LogP contribution in [0.2, 0.25) is 0 Å². The van der Waals surface area contributed by atoms with Crippen LogP contribution in [0.3, 0.4) is 0 Å². The number of benzene rings is 1. The number of amides is 1. The number of piperidine rings is 1. The first-order chi connectivity index (χ1) is 10.1. The Kier molecular flexibility index (Phi) is 5.76. The molecule has 1 aliphatic rings. The second-order valence-corrected chi connectivity index (χ2v) is 6.01. The number of carbonyl (C=O) groups is 1. The molecule has 0 aliphatic carbocycles. The molecule has 0 spiro atoms. The van der Waals surface area contributed by atoms with Crippen LogP contribution in [-0.4, -0.2) is 47.9 Å². The largest absolute Gasteiger partial charge is 0.338 e. The molecule has 2 rings (SSSR count). The third-order valence-electron chi connectivity index (χ3n) is 4.18. The molecular weight excluding hydrogens is 262 g/mol. The smallest absolute Gasteiger partial charge is 0.237 e. The number of aryl methyl sites for hydroxylation is 1. The number of hydrogen-bond acceptors (Lipinski definition) is 3. The first-order valence-corrected chi connectivity index (χ1v) is 7.89. The zero-order chi connectivity index (χ0) is 15.2. The van der Waals surface area contributed by atoms with Crippen LogP contribution in [-0.2, 0) is 11.3 Å². The van der Waals surface area contributed by atoms with Gasteiger partial charge in [-0.05, 0) is 32.3 Å². The average molecular weight is 289 g/mol. The molecule has 0 saturated carbocycles. The number of likely N-dealkylation sites (tertiary alicyclic amines) is 1. The van der Waals surface area contributed by atoms with Crippen molar-refractivity contribution in [1.29, 1.82) is 0 Å². The quantitative estimate of drug-likeness (QED) is 0.898. The highest BCUT2D eigenvalue weighted by molar-refractivity contribution is 5.78. The number of nitrogens with zero attached hydrogens (tertiary/aromatic N) is 2. The molecule has 1 aliphatic heterocycles. The van der Waals surface area contributed by atoms with Crippen molar-refractivity contribution in [3.05, 3.63) is 35.4 Å². The lowest BCUT2D eigenvalue weighted by molar-refractivity contribution is -0.133. The molecule has 2 N–H and O–H groups in total. The van der Waals surface area contributed by atoms with Crippen LogP contribution in [0, 0.1) is 6.92 Å². The van der Waals surface area contributed by atoms with Crippen molar-refractivity contribution < 1.29 is 4.79 Å². The predicted molar refractivity (Wildman–Crippen MR) is 85.9 cm³/mol. The molecule has 1 fully saturated rings. The molecule has 1 saturated heterocycles. The highest BCUT2D eigenvalue weighted by Gasteiger charge is 2.20. The Morgan fingerprint density at radius 3 is 2.71 bits per heavy atom. The molecule has 1 aromatic carbocycles. The van der Waals surface area contributed by atoms with Crippen molar-refractivity contribution in [3.63, 3.8) is 0 Å². The second kappa shape index (κ2) is 7.57. The first kappa shape index (κ1) is 16.0. The summed E-state index contributed by atoms with van der Waals surface area (Å²) in [5.41, 5.74) is 8.34. The molecule has 0 radical (unpaired) electrons. The summed E-state index contributed by atoms with van der Waals surface area (Å²) in [5, 5.41) is 0. The Bertz CT molecular complexity index is 467. The van der Waals surface area contributed by atoms with E-state index >= 15 is 0 Å². The van der Waals surface area contributed by atoms with Crippen LogP contribution in [0.1, 0.15) is 30.9 Å². The lowest BCUT2D eigenvalue weighted by atomic mass is 10.1. The van der Waals surface area contributed by atoms with E-state index in [9.17, 15) is 4.79 Å². The van der Waals surface area contributed by atoms with E-state index in [0.717, 1.165) is 32.5 Å². The van der Waals surface area contributed by atoms with Crippen LogP contribution in [0.15, 0.2) is 24.3 Å². The number of carbonyl (C=O) groups excluding carboxylic acids is 1. The van der Waals surface area contributed by atoms with Gasteiger partial charge < -0.3 is 10.6 Å². The highest BCUT2D eigenvalue weighted by atomic mass is 16.2. The molecule has 4 heteroatoms. The Hall–Kier alpha value is -1.39. The molecule has 0 aromatic heterocycles. The van der Waals surface area contributed by atoms with E-state index in [1.165, 1.54) is 11.1 Å². The maximum absolute atomic E-state index is 12.5. The predicted octanol–water partition coefficient (Wildman–Crippen LogP) is 1.77. The van der Waals surface area contributed by atoms with Gasteiger partial charge >= 0.3 is 0 Å². The van der Waals surface area contributed by atoms with Crippen LogP contribution >= 0.6 is 0 Å². The van der Waals surface area contributed by atoms with Crippen molar-refractivity contribution in [2.24, 2.45) is 5.73 Å². The van der Waals surface area contributed by atoms with Gasteiger partial charge in [0, 0.05) is 32.2 Å². The molecule has 4 nitrogen and oxygen atoms in total. The SMILES string of the molecule is CCN(Cc1cccc(C)c1)C(=O)CN1CCC(N)CC1. The van der Waals surface area contributed by atoms with Crippen LogP contribution in [0.5, 0.6) is 0 Å². The topological polar surface area (TPSA) is 49.6 Å². The lowest BCUT2D eigenvalue weighted by Crippen LogP contribution is -2.45. The fourth-order valence-corrected chi connectivity index (χ4v) is 2.81. The molecule has 0 bridgehead atoms. The fourth-order valence-electron chi connectivity index (χ4n) is 2.81. The van der Waals surface area contributed by atoms with Crippen molar-refractivity contribution >= 4 is 5.91 Å². The standard InChI is InChI=1S/C17H27N3O/c1-3-20(12-15-6-4-5-14(2)11-15)17(21)13-19-9-7-16(18)8-10-19/h4-6,11,16H,3,7-10,12-13,18H2,1-2H3. The number of hydrogen-bond donors (Lipinski definition) is 1. The van der Waals surface area contributed by atoms with Gasteiger partial charge in [-0.15, -0.1) is 0 Å². The highest BCUT2D eigenvalue weighted by Crippen LogP contribution is 2.11. The molecule has 1 heterocycles. The van der Waals surface area contributed by atoms with Gasteiger partial charge in [-0.25, -0.2) is 0 Å². The van der Waals surface area contributed by atoms with E-state index in [4.69, 9.17) is 5.73 Å². The van der Waals surface area contributed by atoms with Crippen LogP contribution in [0.4, 0.5) is 0 Å². The summed E-state index contributed by atoms with van der Waals surface area (Å²) in [5.74, 6) is 0.217. The lowest BCUT2D eigenvalue weighted by Gasteiger charge is -2.31. The molecule has 21 heavy (non-hydrogen) atoms. The molecule has 0 unspecified atom stereocenters.